The van der Waals surface area contributed by atoms with Crippen molar-refractivity contribution in [3.05, 3.63) is 59.5 Å². The Labute approximate surface area is 177 Å². The van der Waals surface area contributed by atoms with Crippen LogP contribution in [0.1, 0.15) is 24.5 Å². The summed E-state index contributed by atoms with van der Waals surface area (Å²) in [5.41, 5.74) is 1.76. The summed E-state index contributed by atoms with van der Waals surface area (Å²) in [5, 5.41) is 6.66. The van der Waals surface area contributed by atoms with Gasteiger partial charge in [0.05, 0.1) is 12.3 Å². The van der Waals surface area contributed by atoms with Crippen molar-refractivity contribution in [3.8, 4) is 0 Å². The van der Waals surface area contributed by atoms with Crippen molar-refractivity contribution in [2.75, 3.05) is 30.8 Å². The maximum Gasteiger partial charge on any atom is 0.191 e. The molecule has 0 amide bonds. The van der Waals surface area contributed by atoms with Crippen LogP contribution in [0.2, 0.25) is 0 Å². The number of aliphatic imine (C=N–C) groups is 1. The van der Waals surface area contributed by atoms with Crippen molar-refractivity contribution in [1.82, 2.24) is 15.6 Å². The van der Waals surface area contributed by atoms with Crippen LogP contribution in [-0.2, 0) is 22.1 Å². The van der Waals surface area contributed by atoms with E-state index in [0.29, 0.717) is 24.9 Å². The summed E-state index contributed by atoms with van der Waals surface area (Å²) in [6, 6.07) is 10.6. The third kappa shape index (κ3) is 6.41. The number of benzene rings is 1. The van der Waals surface area contributed by atoms with E-state index in [-0.39, 0.29) is 17.6 Å². The highest BCUT2D eigenvalue weighted by Crippen LogP contribution is 2.20. The quantitative estimate of drug-likeness (QED) is 0.514. The SMILES string of the molecule is CCNC(=NCc1ccc(CS(C)(=O)=O)cc1)NC1CCN(c2ncccc2F)C1. The van der Waals surface area contributed by atoms with Gasteiger partial charge in [-0.05, 0) is 36.6 Å². The van der Waals surface area contributed by atoms with Crippen LogP contribution < -0.4 is 15.5 Å². The maximum absolute atomic E-state index is 14.0. The van der Waals surface area contributed by atoms with Crippen molar-refractivity contribution in [1.29, 1.82) is 0 Å². The van der Waals surface area contributed by atoms with E-state index in [4.69, 9.17) is 0 Å². The number of nitrogens with zero attached hydrogens (tertiary/aromatic N) is 3. The Morgan fingerprint density at radius 1 is 1.27 bits per heavy atom. The highest BCUT2D eigenvalue weighted by atomic mass is 32.2. The van der Waals surface area contributed by atoms with E-state index in [2.05, 4.69) is 20.6 Å². The van der Waals surface area contributed by atoms with Crippen LogP contribution in [0.4, 0.5) is 10.2 Å². The summed E-state index contributed by atoms with van der Waals surface area (Å²) in [6.07, 6.45) is 3.69. The highest BCUT2D eigenvalue weighted by molar-refractivity contribution is 7.89. The van der Waals surface area contributed by atoms with E-state index < -0.39 is 9.84 Å². The molecule has 1 saturated heterocycles. The molecule has 1 aliphatic rings. The highest BCUT2D eigenvalue weighted by Gasteiger charge is 2.25. The van der Waals surface area contributed by atoms with Gasteiger partial charge in [0.15, 0.2) is 27.4 Å². The predicted molar refractivity (Wildman–Crippen MR) is 118 cm³/mol. The van der Waals surface area contributed by atoms with E-state index in [1.54, 1.807) is 12.3 Å². The minimum atomic E-state index is -3.04. The van der Waals surface area contributed by atoms with Gasteiger partial charge < -0.3 is 15.5 Å². The number of hydrogen-bond acceptors (Lipinski definition) is 5. The van der Waals surface area contributed by atoms with Gasteiger partial charge in [-0.2, -0.15) is 0 Å². The first-order chi connectivity index (χ1) is 14.3. The van der Waals surface area contributed by atoms with Gasteiger partial charge in [-0.1, -0.05) is 24.3 Å². The summed E-state index contributed by atoms with van der Waals surface area (Å²) in [6.45, 7) is 4.58. The van der Waals surface area contributed by atoms with Gasteiger partial charge in [0, 0.05) is 38.1 Å². The summed E-state index contributed by atoms with van der Waals surface area (Å²) < 4.78 is 36.8. The number of halogens is 1. The van der Waals surface area contributed by atoms with Crippen LogP contribution in [0, 0.1) is 5.82 Å². The lowest BCUT2D eigenvalue weighted by molar-refractivity contribution is 0.601. The van der Waals surface area contributed by atoms with Crippen LogP contribution >= 0.6 is 0 Å². The van der Waals surface area contributed by atoms with Crippen molar-refractivity contribution in [2.45, 2.75) is 31.7 Å². The molecule has 30 heavy (non-hydrogen) atoms. The van der Waals surface area contributed by atoms with Gasteiger partial charge in [0.1, 0.15) is 0 Å². The average Bonchev–Trinajstić information content (AvgIpc) is 3.15. The Kier molecular flexibility index (Phi) is 7.25. The average molecular weight is 434 g/mol. The molecule has 2 heterocycles. The molecule has 1 aromatic carbocycles. The molecular weight excluding hydrogens is 405 g/mol. The zero-order valence-corrected chi connectivity index (χ0v) is 18.1. The van der Waals surface area contributed by atoms with Crippen molar-refractivity contribution in [3.63, 3.8) is 0 Å². The summed E-state index contributed by atoms with van der Waals surface area (Å²) >= 11 is 0. The fourth-order valence-electron chi connectivity index (χ4n) is 3.41. The standard InChI is InChI=1S/C21H28FN5O2S/c1-3-23-21(25-13-16-6-8-17(9-7-16)15-30(2,28)29)26-18-10-12-27(14-18)20-19(22)5-4-11-24-20/h4-9,11,18H,3,10,12-15H2,1-2H3,(H2,23,25,26). The largest absolute Gasteiger partial charge is 0.357 e. The number of pyridine rings is 1. The van der Waals surface area contributed by atoms with Crippen LogP contribution in [-0.4, -0.2) is 51.3 Å². The minimum absolute atomic E-state index is 0.0375. The molecule has 1 atom stereocenters. The molecular formula is C21H28FN5O2S. The number of nitrogens with one attached hydrogen (secondary N) is 2. The van der Waals surface area contributed by atoms with E-state index in [0.717, 1.165) is 30.6 Å². The zero-order chi connectivity index (χ0) is 21.6. The summed E-state index contributed by atoms with van der Waals surface area (Å²) in [7, 11) is -3.04. The fraction of sp³-hybridized carbons (Fsp3) is 0.429. The van der Waals surface area contributed by atoms with Gasteiger partial charge in [-0.3, -0.25) is 0 Å². The first-order valence-electron chi connectivity index (χ1n) is 10.00. The Balaban J connectivity index is 1.59. The smallest absolute Gasteiger partial charge is 0.191 e. The number of aromatic nitrogens is 1. The number of rotatable bonds is 7. The van der Waals surface area contributed by atoms with Gasteiger partial charge in [-0.15, -0.1) is 0 Å². The van der Waals surface area contributed by atoms with E-state index in [9.17, 15) is 12.8 Å². The number of sulfone groups is 1. The molecule has 0 saturated carbocycles. The first kappa shape index (κ1) is 22.0. The monoisotopic (exact) mass is 433 g/mol. The summed E-state index contributed by atoms with van der Waals surface area (Å²) in [4.78, 5) is 10.7. The molecule has 1 aliphatic heterocycles. The molecule has 0 aliphatic carbocycles. The first-order valence-corrected chi connectivity index (χ1v) is 12.1. The van der Waals surface area contributed by atoms with Gasteiger partial charge in [0.2, 0.25) is 0 Å². The third-order valence-electron chi connectivity index (χ3n) is 4.78. The normalized spacial score (nSPS) is 17.2. The molecule has 3 rings (SSSR count). The Bertz CT molecular complexity index is 979. The van der Waals surface area contributed by atoms with Crippen molar-refractivity contribution >= 4 is 21.6 Å². The van der Waals surface area contributed by atoms with Gasteiger partial charge in [-0.25, -0.2) is 22.8 Å². The molecule has 7 nitrogen and oxygen atoms in total. The molecule has 1 fully saturated rings. The van der Waals surface area contributed by atoms with Crippen molar-refractivity contribution < 1.29 is 12.8 Å². The molecule has 2 aromatic rings. The molecule has 1 aromatic heterocycles. The molecule has 2 N–H and O–H groups in total. The van der Waals surface area contributed by atoms with Crippen LogP contribution in [0.15, 0.2) is 47.6 Å². The van der Waals surface area contributed by atoms with Crippen LogP contribution in [0.5, 0.6) is 0 Å². The second-order valence-electron chi connectivity index (χ2n) is 7.47. The lowest BCUT2D eigenvalue weighted by Gasteiger charge is -2.20. The molecule has 162 valence electrons. The Morgan fingerprint density at radius 2 is 2.00 bits per heavy atom. The lowest BCUT2D eigenvalue weighted by atomic mass is 10.1. The van der Waals surface area contributed by atoms with Gasteiger partial charge in [0.25, 0.3) is 0 Å². The maximum atomic E-state index is 14.0. The van der Waals surface area contributed by atoms with Gasteiger partial charge >= 0.3 is 0 Å². The number of hydrogen-bond donors (Lipinski definition) is 2. The van der Waals surface area contributed by atoms with Crippen molar-refractivity contribution in [2.24, 2.45) is 4.99 Å². The molecule has 9 heteroatoms. The Morgan fingerprint density at radius 3 is 2.67 bits per heavy atom. The molecule has 0 radical (unpaired) electrons. The third-order valence-corrected chi connectivity index (χ3v) is 5.64. The lowest BCUT2D eigenvalue weighted by Crippen LogP contribution is -2.44. The van der Waals surface area contributed by atoms with E-state index >= 15 is 0 Å². The predicted octanol–water partition coefficient (Wildman–Crippen LogP) is 2.10. The number of anilines is 1. The second-order valence-corrected chi connectivity index (χ2v) is 9.61. The number of guanidine groups is 1. The van der Waals surface area contributed by atoms with Crippen LogP contribution in [0.25, 0.3) is 0 Å². The Hall–Kier alpha value is -2.68. The molecule has 0 spiro atoms. The second kappa shape index (κ2) is 9.88. The van der Waals surface area contributed by atoms with E-state index in [1.807, 2.05) is 36.1 Å². The molecule has 0 bridgehead atoms. The topological polar surface area (TPSA) is 86.7 Å². The van der Waals surface area contributed by atoms with E-state index in [1.165, 1.54) is 12.3 Å². The fourth-order valence-corrected chi connectivity index (χ4v) is 4.21. The zero-order valence-electron chi connectivity index (χ0n) is 17.3. The van der Waals surface area contributed by atoms with Crippen LogP contribution in [0.3, 0.4) is 0 Å². The molecule has 1 unspecified atom stereocenters. The minimum Gasteiger partial charge on any atom is -0.357 e. The summed E-state index contributed by atoms with van der Waals surface area (Å²) in [5.74, 6) is 0.817.